The van der Waals surface area contributed by atoms with Crippen LogP contribution in [0.2, 0.25) is 0 Å². The van der Waals surface area contributed by atoms with Gasteiger partial charge in [0.05, 0.1) is 12.6 Å². The molecule has 2 heterocycles. The summed E-state index contributed by atoms with van der Waals surface area (Å²) >= 11 is 0. The number of rotatable bonds is 5. The topological polar surface area (TPSA) is 76.7 Å². The summed E-state index contributed by atoms with van der Waals surface area (Å²) in [5.74, 6) is 0.0752. The summed E-state index contributed by atoms with van der Waals surface area (Å²) in [6.07, 6.45) is 2.20. The SMILES string of the molecule is O=C1COCC(Cc2ccc(Oc3ccc(/C=C4/C(=O)Nc5ccccc54)c(F)c3)cc2)N1. The van der Waals surface area contributed by atoms with Crippen molar-refractivity contribution in [2.24, 2.45) is 0 Å². The number of ether oxygens (including phenoxy) is 2. The Kier molecular flexibility index (Phi) is 5.62. The molecule has 2 aliphatic heterocycles. The van der Waals surface area contributed by atoms with Gasteiger partial charge in [0.15, 0.2) is 0 Å². The Labute approximate surface area is 190 Å². The van der Waals surface area contributed by atoms with Crippen LogP contribution < -0.4 is 15.4 Å². The number of anilines is 1. The molecule has 1 saturated heterocycles. The molecule has 2 amide bonds. The highest BCUT2D eigenvalue weighted by Gasteiger charge is 2.24. The number of benzene rings is 3. The zero-order valence-electron chi connectivity index (χ0n) is 17.6. The minimum Gasteiger partial charge on any atom is -0.457 e. The molecule has 1 unspecified atom stereocenters. The first-order valence-electron chi connectivity index (χ1n) is 10.6. The molecule has 1 fully saturated rings. The first-order valence-corrected chi connectivity index (χ1v) is 10.6. The molecule has 7 heteroatoms. The van der Waals surface area contributed by atoms with E-state index in [1.54, 1.807) is 30.3 Å². The van der Waals surface area contributed by atoms with Crippen LogP contribution in [0, 0.1) is 5.82 Å². The molecule has 0 radical (unpaired) electrons. The number of hydrogen-bond acceptors (Lipinski definition) is 4. The molecule has 0 aromatic heterocycles. The fraction of sp³-hybridized carbons (Fsp3) is 0.154. The smallest absolute Gasteiger partial charge is 0.256 e. The van der Waals surface area contributed by atoms with Crippen molar-refractivity contribution in [3.63, 3.8) is 0 Å². The molecule has 33 heavy (non-hydrogen) atoms. The summed E-state index contributed by atoms with van der Waals surface area (Å²) in [7, 11) is 0. The highest BCUT2D eigenvalue weighted by Crippen LogP contribution is 2.33. The van der Waals surface area contributed by atoms with Crippen molar-refractivity contribution in [1.82, 2.24) is 5.32 Å². The van der Waals surface area contributed by atoms with Crippen molar-refractivity contribution < 1.29 is 23.5 Å². The van der Waals surface area contributed by atoms with E-state index in [9.17, 15) is 14.0 Å². The highest BCUT2D eigenvalue weighted by atomic mass is 19.1. The molecular weight excluding hydrogens is 423 g/mol. The third-order valence-electron chi connectivity index (χ3n) is 5.54. The molecule has 1 atom stereocenters. The maximum Gasteiger partial charge on any atom is 0.256 e. The summed E-state index contributed by atoms with van der Waals surface area (Å²) in [6.45, 7) is 0.593. The summed E-state index contributed by atoms with van der Waals surface area (Å²) in [5, 5.41) is 5.68. The number of nitrogens with one attached hydrogen (secondary N) is 2. The molecule has 166 valence electrons. The molecule has 2 N–H and O–H groups in total. The zero-order chi connectivity index (χ0) is 22.8. The van der Waals surface area contributed by atoms with Gasteiger partial charge in [0.25, 0.3) is 5.91 Å². The van der Waals surface area contributed by atoms with E-state index in [0.29, 0.717) is 35.7 Å². The Balaban J connectivity index is 1.27. The summed E-state index contributed by atoms with van der Waals surface area (Å²) in [6, 6.07) is 19.2. The van der Waals surface area contributed by atoms with Crippen molar-refractivity contribution in [3.8, 4) is 11.5 Å². The lowest BCUT2D eigenvalue weighted by Crippen LogP contribution is -2.46. The average molecular weight is 444 g/mol. The van der Waals surface area contributed by atoms with Gasteiger partial charge in [-0.2, -0.15) is 0 Å². The first-order chi connectivity index (χ1) is 16.0. The summed E-state index contributed by atoms with van der Waals surface area (Å²) in [5.41, 5.74) is 3.23. The van der Waals surface area contributed by atoms with Crippen molar-refractivity contribution in [1.29, 1.82) is 0 Å². The van der Waals surface area contributed by atoms with Gasteiger partial charge in [-0.25, -0.2) is 4.39 Å². The molecular formula is C26H21FN2O4. The number of carbonyl (C=O) groups is 2. The summed E-state index contributed by atoms with van der Waals surface area (Å²) in [4.78, 5) is 23.7. The second-order valence-electron chi connectivity index (χ2n) is 7.97. The quantitative estimate of drug-likeness (QED) is 0.580. The van der Waals surface area contributed by atoms with Crippen molar-refractivity contribution in [2.45, 2.75) is 12.5 Å². The third kappa shape index (κ3) is 4.63. The number of hydrogen-bond donors (Lipinski definition) is 2. The predicted octanol–water partition coefficient (Wildman–Crippen LogP) is 4.17. The minimum absolute atomic E-state index is 0.0531. The van der Waals surface area contributed by atoms with Crippen LogP contribution in [0.1, 0.15) is 16.7 Å². The predicted molar refractivity (Wildman–Crippen MR) is 122 cm³/mol. The van der Waals surface area contributed by atoms with Crippen molar-refractivity contribution >= 4 is 29.2 Å². The fourth-order valence-corrected chi connectivity index (χ4v) is 3.96. The molecule has 0 aliphatic carbocycles. The van der Waals surface area contributed by atoms with E-state index in [4.69, 9.17) is 9.47 Å². The van der Waals surface area contributed by atoms with E-state index < -0.39 is 5.82 Å². The van der Waals surface area contributed by atoms with E-state index in [-0.39, 0.29) is 24.5 Å². The first kappa shape index (κ1) is 20.9. The number of morpholine rings is 1. The lowest BCUT2D eigenvalue weighted by molar-refractivity contribution is -0.131. The summed E-state index contributed by atoms with van der Waals surface area (Å²) < 4.78 is 25.8. The van der Waals surface area contributed by atoms with E-state index in [1.807, 2.05) is 36.4 Å². The lowest BCUT2D eigenvalue weighted by atomic mass is 10.0. The van der Waals surface area contributed by atoms with Crippen molar-refractivity contribution in [3.05, 3.63) is 89.2 Å². The van der Waals surface area contributed by atoms with Crippen LogP contribution >= 0.6 is 0 Å². The molecule has 0 spiro atoms. The molecule has 0 bridgehead atoms. The number of carbonyl (C=O) groups excluding carboxylic acids is 2. The van der Waals surface area contributed by atoms with Crippen LogP contribution in [0.15, 0.2) is 66.7 Å². The van der Waals surface area contributed by atoms with Gasteiger partial charge in [-0.3, -0.25) is 9.59 Å². The largest absolute Gasteiger partial charge is 0.457 e. The van der Waals surface area contributed by atoms with E-state index >= 15 is 0 Å². The zero-order valence-corrected chi connectivity index (χ0v) is 17.6. The second-order valence-corrected chi connectivity index (χ2v) is 7.97. The van der Waals surface area contributed by atoms with Gasteiger partial charge in [-0.1, -0.05) is 30.3 Å². The number of amides is 2. The Morgan fingerprint density at radius 2 is 1.82 bits per heavy atom. The number of halogens is 1. The van der Waals surface area contributed by atoms with Gasteiger partial charge < -0.3 is 20.1 Å². The Morgan fingerprint density at radius 3 is 2.61 bits per heavy atom. The van der Waals surface area contributed by atoms with Gasteiger partial charge in [0.1, 0.15) is 23.9 Å². The average Bonchev–Trinajstić information content (AvgIpc) is 3.12. The van der Waals surface area contributed by atoms with Gasteiger partial charge in [-0.15, -0.1) is 0 Å². The Hall–Kier alpha value is -3.97. The van der Waals surface area contributed by atoms with E-state index in [2.05, 4.69) is 10.6 Å². The maximum absolute atomic E-state index is 14.8. The number of para-hydroxylation sites is 1. The number of fused-ring (bicyclic) bond motifs is 1. The van der Waals surface area contributed by atoms with Gasteiger partial charge in [-0.05, 0) is 48.4 Å². The van der Waals surface area contributed by atoms with Gasteiger partial charge >= 0.3 is 0 Å². The third-order valence-corrected chi connectivity index (χ3v) is 5.54. The molecule has 6 nitrogen and oxygen atoms in total. The molecule has 3 aromatic rings. The highest BCUT2D eigenvalue weighted by molar-refractivity contribution is 6.34. The Morgan fingerprint density at radius 1 is 1.03 bits per heavy atom. The second kappa shape index (κ2) is 8.88. The Bertz CT molecular complexity index is 1250. The van der Waals surface area contributed by atoms with Crippen LogP contribution in [0.25, 0.3) is 11.6 Å². The van der Waals surface area contributed by atoms with Crippen LogP contribution in [0.3, 0.4) is 0 Å². The van der Waals surface area contributed by atoms with E-state index in [1.165, 1.54) is 6.07 Å². The standard InChI is InChI=1S/C26H21FN2O4/c27-23-13-20(10-7-17(23)12-22-21-3-1-2-4-24(21)29-26(22)31)33-19-8-5-16(6-9-19)11-18-14-32-15-25(30)28-18/h1-10,12-13,18H,11,14-15H2,(H,28,30)(H,29,31)/b22-12+. The van der Waals surface area contributed by atoms with Gasteiger partial charge in [0, 0.05) is 28.5 Å². The van der Waals surface area contributed by atoms with Crippen LogP contribution in [-0.4, -0.2) is 31.1 Å². The van der Waals surface area contributed by atoms with Crippen LogP contribution in [0.5, 0.6) is 11.5 Å². The maximum atomic E-state index is 14.8. The van der Waals surface area contributed by atoms with Crippen molar-refractivity contribution in [2.75, 3.05) is 18.5 Å². The lowest BCUT2D eigenvalue weighted by Gasteiger charge is -2.23. The normalized spacial score (nSPS) is 18.6. The monoisotopic (exact) mass is 444 g/mol. The molecule has 2 aliphatic rings. The minimum atomic E-state index is -0.484. The van der Waals surface area contributed by atoms with E-state index in [0.717, 1.165) is 16.8 Å². The van der Waals surface area contributed by atoms with Crippen LogP contribution in [0.4, 0.5) is 10.1 Å². The van der Waals surface area contributed by atoms with Crippen LogP contribution in [-0.2, 0) is 20.7 Å². The fourth-order valence-electron chi connectivity index (χ4n) is 3.96. The van der Waals surface area contributed by atoms with Gasteiger partial charge in [0.2, 0.25) is 5.91 Å². The molecule has 0 saturated carbocycles. The molecule has 5 rings (SSSR count). The molecule has 3 aromatic carbocycles.